The Balaban J connectivity index is 2.05. The van der Waals surface area contributed by atoms with Crippen molar-refractivity contribution in [2.24, 2.45) is 0 Å². The van der Waals surface area contributed by atoms with Crippen molar-refractivity contribution in [3.05, 3.63) is 55.0 Å². The van der Waals surface area contributed by atoms with Crippen molar-refractivity contribution in [2.75, 3.05) is 11.1 Å². The van der Waals surface area contributed by atoms with Crippen LogP contribution in [0.3, 0.4) is 0 Å². The van der Waals surface area contributed by atoms with E-state index in [1.165, 1.54) is 0 Å². The molecule has 0 saturated carbocycles. The van der Waals surface area contributed by atoms with E-state index in [0.717, 1.165) is 22.3 Å². The molecule has 0 atom stereocenters. The van der Waals surface area contributed by atoms with Crippen LogP contribution >= 0.6 is 0 Å². The Bertz CT molecular complexity index is 689. The zero-order valence-electron chi connectivity index (χ0n) is 9.59. The summed E-state index contributed by atoms with van der Waals surface area (Å²) in [6, 6.07) is 12.5. The van der Waals surface area contributed by atoms with Crippen LogP contribution in [0.4, 0.5) is 17.2 Å². The van der Waals surface area contributed by atoms with E-state index in [0.29, 0.717) is 5.69 Å². The summed E-state index contributed by atoms with van der Waals surface area (Å²) in [4.78, 5) is 8.42. The van der Waals surface area contributed by atoms with Gasteiger partial charge >= 0.3 is 0 Å². The minimum atomic E-state index is 0.599. The lowest BCUT2D eigenvalue weighted by Crippen LogP contribution is -1.96. The molecule has 3 rings (SSSR count). The molecular formula is C14H11N4. The maximum absolute atomic E-state index is 5.70. The zero-order chi connectivity index (χ0) is 12.4. The van der Waals surface area contributed by atoms with Crippen molar-refractivity contribution < 1.29 is 0 Å². The molecule has 0 aliphatic heterocycles. The molecule has 87 valence electrons. The van der Waals surface area contributed by atoms with Crippen molar-refractivity contribution in [3.63, 3.8) is 0 Å². The number of hydrogen-bond donors (Lipinski definition) is 2. The van der Waals surface area contributed by atoms with Gasteiger partial charge < -0.3 is 11.1 Å². The van der Waals surface area contributed by atoms with Crippen LogP contribution < -0.4 is 11.1 Å². The first-order valence-electron chi connectivity index (χ1n) is 5.56. The molecule has 0 aliphatic carbocycles. The number of nitrogens with two attached hydrogens (primary N) is 1. The second-order valence-corrected chi connectivity index (χ2v) is 3.90. The second kappa shape index (κ2) is 4.33. The molecule has 3 N–H and O–H groups in total. The standard InChI is InChI=1S/C14H11N4/c15-11-2-1-3-12(8-11)18-14-13-5-6-16-9-10(13)4-7-17-14/h1-7,9H,15H2,(H,17,18). The maximum Gasteiger partial charge on any atom is 0.138 e. The minimum absolute atomic E-state index is 0.599. The van der Waals surface area contributed by atoms with Gasteiger partial charge in [0.25, 0.3) is 0 Å². The number of aromatic nitrogens is 2. The number of nitrogens with one attached hydrogen (secondary N) is 1. The van der Waals surface area contributed by atoms with Gasteiger partial charge in [-0.2, -0.15) is 0 Å². The third kappa shape index (κ3) is 1.96. The molecule has 4 nitrogen and oxygen atoms in total. The molecule has 18 heavy (non-hydrogen) atoms. The van der Waals surface area contributed by atoms with Crippen molar-refractivity contribution in [3.8, 4) is 0 Å². The highest BCUT2D eigenvalue weighted by Crippen LogP contribution is 2.23. The Kier molecular flexibility index (Phi) is 2.53. The topological polar surface area (TPSA) is 63.8 Å². The summed E-state index contributed by atoms with van der Waals surface area (Å²) in [6.07, 6.45) is 5.31. The van der Waals surface area contributed by atoms with Crippen LogP contribution in [0, 0.1) is 6.07 Å². The normalized spacial score (nSPS) is 10.4. The first-order chi connectivity index (χ1) is 8.83. The fourth-order valence-electron chi connectivity index (χ4n) is 1.80. The average molecular weight is 235 g/mol. The van der Waals surface area contributed by atoms with E-state index in [-0.39, 0.29) is 0 Å². The minimum Gasteiger partial charge on any atom is -0.398 e. The Hall–Kier alpha value is -2.62. The molecular weight excluding hydrogens is 224 g/mol. The lowest BCUT2D eigenvalue weighted by molar-refractivity contribution is 1.31. The fraction of sp³-hybridized carbons (Fsp3) is 0. The lowest BCUT2D eigenvalue weighted by atomic mass is 10.2. The van der Waals surface area contributed by atoms with Gasteiger partial charge in [0.1, 0.15) is 5.82 Å². The summed E-state index contributed by atoms with van der Waals surface area (Å²) in [6.45, 7) is 0. The molecule has 0 aliphatic rings. The number of rotatable bonds is 2. The SMILES string of the molecule is Nc1[c]c(Nc2nccc3cnccc23)ccc1. The third-order valence-electron chi connectivity index (χ3n) is 2.64. The predicted molar refractivity (Wildman–Crippen MR) is 72.5 cm³/mol. The van der Waals surface area contributed by atoms with E-state index in [4.69, 9.17) is 5.73 Å². The number of fused-ring (bicyclic) bond motifs is 1. The van der Waals surface area contributed by atoms with Gasteiger partial charge in [-0.3, -0.25) is 4.98 Å². The molecule has 0 unspecified atom stereocenters. The molecule has 0 saturated heterocycles. The van der Waals surface area contributed by atoms with Gasteiger partial charge in [-0.15, -0.1) is 0 Å². The Morgan fingerprint density at radius 3 is 2.94 bits per heavy atom. The van der Waals surface area contributed by atoms with E-state index in [9.17, 15) is 0 Å². The lowest BCUT2D eigenvalue weighted by Gasteiger charge is -2.08. The van der Waals surface area contributed by atoms with Gasteiger partial charge in [-0.1, -0.05) is 6.07 Å². The molecule has 2 aromatic heterocycles. The average Bonchev–Trinajstić information content (AvgIpc) is 2.39. The summed E-state index contributed by atoms with van der Waals surface area (Å²) in [7, 11) is 0. The highest BCUT2D eigenvalue weighted by molar-refractivity contribution is 5.92. The summed E-state index contributed by atoms with van der Waals surface area (Å²) >= 11 is 0. The molecule has 0 spiro atoms. The summed E-state index contributed by atoms with van der Waals surface area (Å²) in [5.74, 6) is 0.775. The van der Waals surface area contributed by atoms with Crippen LogP contribution in [0.1, 0.15) is 0 Å². The van der Waals surface area contributed by atoms with Gasteiger partial charge in [0.2, 0.25) is 0 Å². The van der Waals surface area contributed by atoms with Crippen molar-refractivity contribution in [1.82, 2.24) is 9.97 Å². The van der Waals surface area contributed by atoms with Gasteiger partial charge in [-0.25, -0.2) is 4.98 Å². The number of hydrogen-bond acceptors (Lipinski definition) is 4. The van der Waals surface area contributed by atoms with E-state index >= 15 is 0 Å². The van der Waals surface area contributed by atoms with E-state index < -0.39 is 0 Å². The van der Waals surface area contributed by atoms with E-state index in [1.54, 1.807) is 18.5 Å². The molecule has 0 amide bonds. The van der Waals surface area contributed by atoms with Crippen LogP contribution in [0.2, 0.25) is 0 Å². The van der Waals surface area contributed by atoms with Crippen molar-refractivity contribution in [1.29, 1.82) is 0 Å². The molecule has 1 aromatic carbocycles. The Morgan fingerprint density at radius 2 is 2.06 bits per heavy atom. The first-order valence-corrected chi connectivity index (χ1v) is 5.56. The highest BCUT2D eigenvalue weighted by atomic mass is 15.0. The second-order valence-electron chi connectivity index (χ2n) is 3.90. The summed E-state index contributed by atoms with van der Waals surface area (Å²) < 4.78 is 0. The monoisotopic (exact) mass is 235 g/mol. The summed E-state index contributed by atoms with van der Waals surface area (Å²) in [5, 5.41) is 5.27. The number of benzene rings is 1. The largest absolute Gasteiger partial charge is 0.398 e. The fourth-order valence-corrected chi connectivity index (χ4v) is 1.80. The number of anilines is 3. The smallest absolute Gasteiger partial charge is 0.138 e. The van der Waals surface area contributed by atoms with E-state index in [1.807, 2.05) is 30.5 Å². The van der Waals surface area contributed by atoms with Gasteiger partial charge in [0, 0.05) is 46.8 Å². The van der Waals surface area contributed by atoms with Gasteiger partial charge in [0.15, 0.2) is 0 Å². The van der Waals surface area contributed by atoms with Crippen LogP contribution in [-0.2, 0) is 0 Å². The highest BCUT2D eigenvalue weighted by Gasteiger charge is 2.02. The number of nitrogen functional groups attached to an aromatic ring is 1. The van der Waals surface area contributed by atoms with Crippen LogP contribution in [-0.4, -0.2) is 9.97 Å². The molecule has 2 heterocycles. The molecule has 3 aromatic rings. The Morgan fingerprint density at radius 1 is 1.11 bits per heavy atom. The quantitative estimate of drug-likeness (QED) is 0.670. The third-order valence-corrected chi connectivity index (χ3v) is 2.64. The van der Waals surface area contributed by atoms with Gasteiger partial charge in [0.05, 0.1) is 0 Å². The Labute approximate surface area is 104 Å². The van der Waals surface area contributed by atoms with E-state index in [2.05, 4.69) is 21.4 Å². The zero-order valence-corrected chi connectivity index (χ0v) is 9.59. The first kappa shape index (κ1) is 10.5. The molecule has 0 bridgehead atoms. The molecule has 4 heteroatoms. The summed E-state index contributed by atoms with van der Waals surface area (Å²) in [5.41, 5.74) is 7.10. The van der Waals surface area contributed by atoms with Crippen molar-refractivity contribution >= 4 is 28.0 Å². The molecule has 0 fully saturated rings. The van der Waals surface area contributed by atoms with Crippen molar-refractivity contribution in [2.45, 2.75) is 0 Å². The van der Waals surface area contributed by atoms with Gasteiger partial charge in [-0.05, 0) is 24.3 Å². The number of nitrogens with zero attached hydrogens (tertiary/aromatic N) is 2. The predicted octanol–water partition coefficient (Wildman–Crippen LogP) is 2.76. The van der Waals surface area contributed by atoms with Crippen LogP contribution in [0.15, 0.2) is 48.9 Å². The maximum atomic E-state index is 5.70. The van der Waals surface area contributed by atoms with Crippen LogP contribution in [0.25, 0.3) is 10.8 Å². The van der Waals surface area contributed by atoms with Crippen LogP contribution in [0.5, 0.6) is 0 Å². The molecule has 1 radical (unpaired) electrons. The number of pyridine rings is 2.